The molecule has 1 N–H and O–H groups in total. The molecule has 0 atom stereocenters. The van der Waals surface area contributed by atoms with Gasteiger partial charge in [-0.05, 0) is 43.0 Å². The summed E-state index contributed by atoms with van der Waals surface area (Å²) < 4.78 is 0. The molecule has 0 heterocycles. The summed E-state index contributed by atoms with van der Waals surface area (Å²) in [5.74, 6) is 1.03. The zero-order chi connectivity index (χ0) is 15.1. The first-order valence-electron chi connectivity index (χ1n) is 8.24. The van der Waals surface area contributed by atoms with Crippen LogP contribution in [0.4, 0.5) is 5.69 Å². The van der Waals surface area contributed by atoms with E-state index in [1.54, 1.807) is 0 Å². The lowest BCUT2D eigenvalue weighted by Crippen LogP contribution is -2.28. The van der Waals surface area contributed by atoms with Crippen molar-refractivity contribution in [2.75, 3.05) is 26.0 Å². The van der Waals surface area contributed by atoms with Crippen LogP contribution in [0.25, 0.3) is 0 Å². The van der Waals surface area contributed by atoms with E-state index >= 15 is 0 Å². The van der Waals surface area contributed by atoms with Crippen molar-refractivity contribution in [3.05, 3.63) is 29.8 Å². The maximum atomic E-state index is 12.3. The lowest BCUT2D eigenvalue weighted by atomic mass is 9.86. The predicted molar refractivity (Wildman–Crippen MR) is 88.8 cm³/mol. The number of nitrogens with one attached hydrogen (secondary N) is 1. The normalized spacial score (nSPS) is 15.7. The molecule has 21 heavy (non-hydrogen) atoms. The van der Waals surface area contributed by atoms with Crippen LogP contribution in [-0.4, -0.2) is 31.4 Å². The Balaban J connectivity index is 1.75. The van der Waals surface area contributed by atoms with E-state index in [0.29, 0.717) is 0 Å². The summed E-state index contributed by atoms with van der Waals surface area (Å²) in [7, 11) is 3.80. The van der Waals surface area contributed by atoms with Gasteiger partial charge in [-0.25, -0.2) is 0 Å². The van der Waals surface area contributed by atoms with Gasteiger partial charge in [0.2, 0.25) is 0 Å². The minimum absolute atomic E-state index is 0.126. The Morgan fingerprint density at radius 1 is 1.19 bits per heavy atom. The molecule has 1 aliphatic rings. The van der Waals surface area contributed by atoms with Crippen LogP contribution in [0.15, 0.2) is 24.3 Å². The first kappa shape index (κ1) is 15.9. The highest BCUT2D eigenvalue weighted by Crippen LogP contribution is 2.27. The van der Waals surface area contributed by atoms with Crippen LogP contribution in [0.3, 0.4) is 0 Å². The molecule has 0 unspecified atom stereocenters. The van der Waals surface area contributed by atoms with E-state index in [1.807, 2.05) is 43.3 Å². The van der Waals surface area contributed by atoms with Crippen LogP contribution in [0.5, 0.6) is 0 Å². The topological polar surface area (TPSA) is 32.3 Å². The van der Waals surface area contributed by atoms with Crippen LogP contribution in [0, 0.1) is 5.92 Å². The van der Waals surface area contributed by atoms with Crippen LogP contribution in [0.2, 0.25) is 0 Å². The van der Waals surface area contributed by atoms with Crippen LogP contribution in [-0.2, 0) is 0 Å². The largest absolute Gasteiger partial charge is 0.388 e. The summed E-state index contributed by atoms with van der Waals surface area (Å²) >= 11 is 0. The van der Waals surface area contributed by atoms with E-state index in [1.165, 1.54) is 38.5 Å². The van der Waals surface area contributed by atoms with E-state index in [9.17, 15) is 4.79 Å². The highest BCUT2D eigenvalue weighted by Gasteiger charge is 2.15. The average Bonchev–Trinajstić information content (AvgIpc) is 2.55. The van der Waals surface area contributed by atoms with Gasteiger partial charge in [0, 0.05) is 31.9 Å². The summed E-state index contributed by atoms with van der Waals surface area (Å²) in [4.78, 5) is 14.2. The van der Waals surface area contributed by atoms with Gasteiger partial charge >= 0.3 is 0 Å². The molecule has 2 rings (SSSR count). The van der Waals surface area contributed by atoms with E-state index in [2.05, 4.69) is 5.32 Å². The standard InChI is InChI=1S/C18H28N2O/c1-19-17-12-10-16(11-13-17)18(21)20(2)14-6-9-15-7-4-3-5-8-15/h10-13,15,19H,3-9,14H2,1-2H3. The van der Waals surface area contributed by atoms with Crippen molar-refractivity contribution >= 4 is 11.6 Å². The Kier molecular flexibility index (Phi) is 6.09. The molecule has 3 heteroatoms. The Morgan fingerprint density at radius 3 is 2.48 bits per heavy atom. The van der Waals surface area contributed by atoms with Crippen molar-refractivity contribution in [3.63, 3.8) is 0 Å². The molecule has 1 aromatic carbocycles. The second-order valence-corrected chi connectivity index (χ2v) is 6.20. The highest BCUT2D eigenvalue weighted by atomic mass is 16.2. The molecule has 1 amide bonds. The van der Waals surface area contributed by atoms with E-state index in [4.69, 9.17) is 0 Å². The molecular formula is C18H28N2O. The van der Waals surface area contributed by atoms with Crippen molar-refractivity contribution < 1.29 is 4.79 Å². The summed E-state index contributed by atoms with van der Waals surface area (Å²) in [5, 5.41) is 3.07. The minimum Gasteiger partial charge on any atom is -0.388 e. The summed E-state index contributed by atoms with van der Waals surface area (Å²) in [6.45, 7) is 0.864. The SMILES string of the molecule is CNc1ccc(C(=O)N(C)CCCC2CCCCC2)cc1. The molecule has 1 fully saturated rings. The van der Waals surface area contributed by atoms with Gasteiger partial charge in [0.15, 0.2) is 0 Å². The number of anilines is 1. The second-order valence-electron chi connectivity index (χ2n) is 6.20. The molecule has 1 aliphatic carbocycles. The molecule has 1 aromatic rings. The molecular weight excluding hydrogens is 260 g/mol. The van der Waals surface area contributed by atoms with Gasteiger partial charge in [-0.3, -0.25) is 4.79 Å². The maximum absolute atomic E-state index is 12.3. The van der Waals surface area contributed by atoms with Crippen molar-refractivity contribution in [2.45, 2.75) is 44.9 Å². The molecule has 3 nitrogen and oxygen atoms in total. The van der Waals surface area contributed by atoms with Crippen molar-refractivity contribution in [1.82, 2.24) is 4.90 Å². The summed E-state index contributed by atoms with van der Waals surface area (Å²) in [6.07, 6.45) is 9.40. The molecule has 0 aromatic heterocycles. The number of rotatable bonds is 6. The van der Waals surface area contributed by atoms with Crippen LogP contribution < -0.4 is 5.32 Å². The fraction of sp³-hybridized carbons (Fsp3) is 0.611. The Labute approximate surface area is 128 Å². The van der Waals surface area contributed by atoms with E-state index in [-0.39, 0.29) is 5.91 Å². The second kappa shape index (κ2) is 8.06. The monoisotopic (exact) mass is 288 g/mol. The van der Waals surface area contributed by atoms with E-state index in [0.717, 1.165) is 30.1 Å². The third kappa shape index (κ3) is 4.76. The predicted octanol–water partition coefficient (Wildman–Crippen LogP) is 4.16. The van der Waals surface area contributed by atoms with Crippen LogP contribution >= 0.6 is 0 Å². The Morgan fingerprint density at radius 2 is 1.86 bits per heavy atom. The number of carbonyl (C=O) groups is 1. The Bertz CT molecular complexity index is 435. The lowest BCUT2D eigenvalue weighted by molar-refractivity contribution is 0.0790. The quantitative estimate of drug-likeness (QED) is 0.852. The number of carbonyl (C=O) groups excluding carboxylic acids is 1. The molecule has 116 valence electrons. The van der Waals surface area contributed by atoms with Gasteiger partial charge in [0.1, 0.15) is 0 Å². The maximum Gasteiger partial charge on any atom is 0.253 e. The third-order valence-corrected chi connectivity index (χ3v) is 4.60. The first-order chi connectivity index (χ1) is 10.2. The highest BCUT2D eigenvalue weighted by molar-refractivity contribution is 5.94. The minimum atomic E-state index is 0.126. The van der Waals surface area contributed by atoms with Crippen LogP contribution in [0.1, 0.15) is 55.3 Å². The van der Waals surface area contributed by atoms with Gasteiger partial charge < -0.3 is 10.2 Å². The van der Waals surface area contributed by atoms with Crippen molar-refractivity contribution in [3.8, 4) is 0 Å². The fourth-order valence-corrected chi connectivity index (χ4v) is 3.19. The molecule has 1 saturated carbocycles. The van der Waals surface area contributed by atoms with Gasteiger partial charge in [-0.2, -0.15) is 0 Å². The molecule has 0 aliphatic heterocycles. The zero-order valence-electron chi connectivity index (χ0n) is 13.4. The number of hydrogen-bond acceptors (Lipinski definition) is 2. The fourth-order valence-electron chi connectivity index (χ4n) is 3.19. The molecule has 0 spiro atoms. The lowest BCUT2D eigenvalue weighted by Gasteiger charge is -2.23. The van der Waals surface area contributed by atoms with Crippen molar-refractivity contribution in [2.24, 2.45) is 5.92 Å². The summed E-state index contributed by atoms with van der Waals surface area (Å²) in [6, 6.07) is 7.68. The number of benzene rings is 1. The third-order valence-electron chi connectivity index (χ3n) is 4.60. The number of amides is 1. The number of nitrogens with zero attached hydrogens (tertiary/aromatic N) is 1. The van der Waals surface area contributed by atoms with Gasteiger partial charge in [-0.1, -0.05) is 32.1 Å². The molecule has 0 bridgehead atoms. The van der Waals surface area contributed by atoms with E-state index < -0.39 is 0 Å². The van der Waals surface area contributed by atoms with Gasteiger partial charge in [0.05, 0.1) is 0 Å². The van der Waals surface area contributed by atoms with Gasteiger partial charge in [0.25, 0.3) is 5.91 Å². The van der Waals surface area contributed by atoms with Crippen molar-refractivity contribution in [1.29, 1.82) is 0 Å². The smallest absolute Gasteiger partial charge is 0.253 e. The number of hydrogen-bond donors (Lipinski definition) is 1. The molecule has 0 saturated heterocycles. The average molecular weight is 288 g/mol. The summed E-state index contributed by atoms with van der Waals surface area (Å²) in [5.41, 5.74) is 1.81. The zero-order valence-corrected chi connectivity index (χ0v) is 13.4. The first-order valence-corrected chi connectivity index (χ1v) is 8.24. The molecule has 0 radical (unpaired) electrons. The van der Waals surface area contributed by atoms with Gasteiger partial charge in [-0.15, -0.1) is 0 Å². The Hall–Kier alpha value is -1.51.